The van der Waals surface area contributed by atoms with E-state index in [1.165, 1.54) is 6.33 Å². The van der Waals surface area contributed by atoms with Crippen molar-refractivity contribution >= 4 is 17.0 Å². The highest BCUT2D eigenvalue weighted by Crippen LogP contribution is 2.30. The molecule has 3 aromatic rings. The number of nitrogens with one attached hydrogen (secondary N) is 1. The van der Waals surface area contributed by atoms with Crippen LogP contribution in [0.4, 0.5) is 5.82 Å². The molecule has 0 bridgehead atoms. The molecule has 1 aromatic carbocycles. The fourth-order valence-electron chi connectivity index (χ4n) is 3.17. The van der Waals surface area contributed by atoms with Crippen molar-refractivity contribution in [2.75, 3.05) is 58.9 Å². The van der Waals surface area contributed by atoms with E-state index in [4.69, 9.17) is 14.2 Å². The summed E-state index contributed by atoms with van der Waals surface area (Å²) in [7, 11) is 3.20. The molecule has 10 heteroatoms. The Labute approximate surface area is 162 Å². The number of nitrogens with zero attached hydrogens (tertiary/aromatic N) is 6. The first-order chi connectivity index (χ1) is 13.8. The minimum atomic E-state index is 0.613. The van der Waals surface area contributed by atoms with Gasteiger partial charge in [-0.2, -0.15) is 4.68 Å². The third kappa shape index (κ3) is 3.69. The molecule has 0 amide bonds. The van der Waals surface area contributed by atoms with E-state index >= 15 is 0 Å². The molecule has 4 rings (SSSR count). The van der Waals surface area contributed by atoms with Crippen molar-refractivity contribution in [1.82, 2.24) is 29.9 Å². The van der Waals surface area contributed by atoms with Gasteiger partial charge in [0.1, 0.15) is 6.33 Å². The quantitative estimate of drug-likeness (QED) is 0.638. The first-order valence-electron chi connectivity index (χ1n) is 9.13. The molecule has 3 heterocycles. The molecule has 1 aliphatic heterocycles. The Morgan fingerprint density at radius 3 is 2.71 bits per heavy atom. The number of benzene rings is 1. The molecule has 0 unspecified atom stereocenters. The molecule has 28 heavy (non-hydrogen) atoms. The molecule has 2 aromatic heterocycles. The summed E-state index contributed by atoms with van der Waals surface area (Å²) in [5.74, 6) is 1.93. The molecular weight excluding hydrogens is 362 g/mol. The van der Waals surface area contributed by atoms with E-state index in [9.17, 15) is 0 Å². The van der Waals surface area contributed by atoms with Crippen LogP contribution < -0.4 is 14.8 Å². The van der Waals surface area contributed by atoms with Crippen molar-refractivity contribution in [2.24, 2.45) is 0 Å². The molecule has 1 N–H and O–H groups in total. The van der Waals surface area contributed by atoms with Crippen LogP contribution in [0.3, 0.4) is 0 Å². The van der Waals surface area contributed by atoms with Gasteiger partial charge in [-0.1, -0.05) is 5.21 Å². The predicted octanol–water partition coefficient (Wildman–Crippen LogP) is 0.972. The smallest absolute Gasteiger partial charge is 0.189 e. The van der Waals surface area contributed by atoms with Gasteiger partial charge >= 0.3 is 0 Å². The lowest BCUT2D eigenvalue weighted by atomic mass is 10.2. The summed E-state index contributed by atoms with van der Waals surface area (Å²) < 4.78 is 17.7. The molecule has 1 fully saturated rings. The second-order valence-electron chi connectivity index (χ2n) is 6.32. The molecule has 0 spiro atoms. The zero-order chi connectivity index (χ0) is 19.3. The molecular formula is C18H23N7O3. The van der Waals surface area contributed by atoms with Crippen molar-refractivity contribution in [3.8, 4) is 17.2 Å². The summed E-state index contributed by atoms with van der Waals surface area (Å²) in [5, 5.41) is 11.9. The predicted molar refractivity (Wildman–Crippen MR) is 103 cm³/mol. The third-order valence-electron chi connectivity index (χ3n) is 4.67. The number of ether oxygens (including phenoxy) is 3. The fourth-order valence-corrected chi connectivity index (χ4v) is 3.17. The maximum absolute atomic E-state index is 5.38. The van der Waals surface area contributed by atoms with Gasteiger partial charge in [-0.3, -0.25) is 4.90 Å². The van der Waals surface area contributed by atoms with Gasteiger partial charge in [0, 0.05) is 32.2 Å². The van der Waals surface area contributed by atoms with Crippen LogP contribution in [0.15, 0.2) is 24.5 Å². The summed E-state index contributed by atoms with van der Waals surface area (Å²) in [6.07, 6.45) is 1.51. The van der Waals surface area contributed by atoms with Gasteiger partial charge in [0.25, 0.3) is 0 Å². The van der Waals surface area contributed by atoms with Gasteiger partial charge < -0.3 is 19.5 Å². The standard InChI is InChI=1S/C18H23N7O3/c1-26-14-4-3-13(11-15(14)27-2)25-18-16(22-23-25)17(20-12-21-18)19-5-6-24-7-9-28-10-8-24/h3-4,11-12H,5-10H2,1-2H3,(H,19,20,21). The highest BCUT2D eigenvalue weighted by atomic mass is 16.5. The summed E-state index contributed by atoms with van der Waals surface area (Å²) in [6, 6.07) is 5.54. The SMILES string of the molecule is COc1ccc(-n2nnc3c(NCCN4CCOCC4)ncnc32)cc1OC. The highest BCUT2D eigenvalue weighted by Gasteiger charge is 2.15. The van der Waals surface area contributed by atoms with Crippen molar-refractivity contribution in [3.63, 3.8) is 0 Å². The van der Waals surface area contributed by atoms with E-state index in [2.05, 4.69) is 30.5 Å². The Hall–Kier alpha value is -2.98. The first-order valence-corrected chi connectivity index (χ1v) is 9.13. The minimum Gasteiger partial charge on any atom is -0.493 e. The number of aromatic nitrogens is 5. The average molecular weight is 385 g/mol. The normalized spacial score (nSPS) is 14.9. The fraction of sp³-hybridized carbons (Fsp3) is 0.444. The van der Waals surface area contributed by atoms with Crippen LogP contribution in [-0.4, -0.2) is 83.5 Å². The van der Waals surface area contributed by atoms with Crippen molar-refractivity contribution in [3.05, 3.63) is 24.5 Å². The summed E-state index contributed by atoms with van der Waals surface area (Å²) in [4.78, 5) is 11.1. The van der Waals surface area contributed by atoms with Gasteiger partial charge in [-0.25, -0.2) is 9.97 Å². The van der Waals surface area contributed by atoms with Gasteiger partial charge in [-0.15, -0.1) is 5.10 Å². The molecule has 0 aliphatic carbocycles. The first kappa shape index (κ1) is 18.4. The highest BCUT2D eigenvalue weighted by molar-refractivity contribution is 5.83. The number of hydrogen-bond acceptors (Lipinski definition) is 9. The third-order valence-corrected chi connectivity index (χ3v) is 4.67. The Kier molecular flexibility index (Phi) is 5.49. The molecule has 0 radical (unpaired) electrons. The average Bonchev–Trinajstić information content (AvgIpc) is 3.19. The molecule has 10 nitrogen and oxygen atoms in total. The minimum absolute atomic E-state index is 0.613. The van der Waals surface area contributed by atoms with Gasteiger partial charge in [0.15, 0.2) is 28.5 Å². The van der Waals surface area contributed by atoms with Crippen molar-refractivity contribution in [1.29, 1.82) is 0 Å². The maximum atomic E-state index is 5.38. The summed E-state index contributed by atoms with van der Waals surface area (Å²) in [6.45, 7) is 5.16. The van der Waals surface area contributed by atoms with Crippen LogP contribution in [0.1, 0.15) is 0 Å². The van der Waals surface area contributed by atoms with Gasteiger partial charge in [0.05, 0.1) is 33.1 Å². The lowest BCUT2D eigenvalue weighted by molar-refractivity contribution is 0.0398. The largest absolute Gasteiger partial charge is 0.493 e. The number of methoxy groups -OCH3 is 2. The van der Waals surface area contributed by atoms with E-state index in [1.807, 2.05) is 18.2 Å². The second-order valence-corrected chi connectivity index (χ2v) is 6.32. The van der Waals surface area contributed by atoms with Crippen LogP contribution >= 0.6 is 0 Å². The Morgan fingerprint density at radius 2 is 1.93 bits per heavy atom. The van der Waals surface area contributed by atoms with E-state index in [0.29, 0.717) is 28.5 Å². The van der Waals surface area contributed by atoms with E-state index in [-0.39, 0.29) is 0 Å². The molecule has 1 aliphatic rings. The van der Waals surface area contributed by atoms with Crippen LogP contribution in [0, 0.1) is 0 Å². The summed E-state index contributed by atoms with van der Waals surface area (Å²) >= 11 is 0. The van der Waals surface area contributed by atoms with Gasteiger partial charge in [-0.05, 0) is 12.1 Å². The van der Waals surface area contributed by atoms with E-state index < -0.39 is 0 Å². The molecule has 1 saturated heterocycles. The van der Waals surface area contributed by atoms with Crippen LogP contribution in [0.2, 0.25) is 0 Å². The second kappa shape index (κ2) is 8.36. The monoisotopic (exact) mass is 385 g/mol. The van der Waals surface area contributed by atoms with Crippen molar-refractivity contribution in [2.45, 2.75) is 0 Å². The Morgan fingerprint density at radius 1 is 1.11 bits per heavy atom. The van der Waals surface area contributed by atoms with Crippen molar-refractivity contribution < 1.29 is 14.2 Å². The maximum Gasteiger partial charge on any atom is 0.189 e. The number of fused-ring (bicyclic) bond motifs is 1. The molecule has 148 valence electrons. The number of hydrogen-bond donors (Lipinski definition) is 1. The lowest BCUT2D eigenvalue weighted by Gasteiger charge is -2.26. The van der Waals surface area contributed by atoms with Crippen LogP contribution in [0.5, 0.6) is 11.5 Å². The number of anilines is 1. The molecule has 0 atom stereocenters. The lowest BCUT2D eigenvalue weighted by Crippen LogP contribution is -2.39. The van der Waals surface area contributed by atoms with Gasteiger partial charge in [0.2, 0.25) is 0 Å². The van der Waals surface area contributed by atoms with Crippen LogP contribution in [0.25, 0.3) is 16.9 Å². The van der Waals surface area contributed by atoms with E-state index in [0.717, 1.165) is 45.1 Å². The number of rotatable bonds is 7. The Bertz CT molecular complexity index is 940. The molecule has 0 saturated carbocycles. The zero-order valence-electron chi connectivity index (χ0n) is 16.0. The zero-order valence-corrected chi connectivity index (χ0v) is 16.0. The van der Waals surface area contributed by atoms with Crippen LogP contribution in [-0.2, 0) is 4.74 Å². The number of morpholine rings is 1. The topological polar surface area (TPSA) is 99.5 Å². The van der Waals surface area contributed by atoms with E-state index in [1.54, 1.807) is 18.9 Å². The Balaban J connectivity index is 1.55. The summed E-state index contributed by atoms with van der Waals surface area (Å²) in [5.41, 5.74) is 2.02.